The second-order valence-corrected chi connectivity index (χ2v) is 11.1. The van der Waals surface area contributed by atoms with E-state index in [2.05, 4.69) is 5.32 Å². The molecule has 3 rings (SSSR count). The Hall–Kier alpha value is -3.57. The van der Waals surface area contributed by atoms with E-state index in [-0.39, 0.29) is 23.5 Å². The summed E-state index contributed by atoms with van der Waals surface area (Å²) in [5, 5.41) is 3.14. The molecule has 40 heavy (non-hydrogen) atoms. The van der Waals surface area contributed by atoms with E-state index in [0.717, 1.165) is 12.1 Å². The molecular weight excluding hydrogens is 567 g/mol. The topological polar surface area (TPSA) is 86.8 Å². The van der Waals surface area contributed by atoms with Crippen molar-refractivity contribution in [3.63, 3.8) is 0 Å². The maximum atomic E-state index is 13.9. The normalized spacial score (nSPS) is 12.4. The van der Waals surface area contributed by atoms with E-state index in [1.165, 1.54) is 35.2 Å². The van der Waals surface area contributed by atoms with Crippen molar-refractivity contribution in [3.05, 3.63) is 95.0 Å². The van der Waals surface area contributed by atoms with E-state index >= 15 is 0 Å². The van der Waals surface area contributed by atoms with Crippen LogP contribution in [-0.4, -0.2) is 44.3 Å². The molecule has 3 aromatic carbocycles. The number of hydrogen-bond acceptors (Lipinski definition) is 4. The van der Waals surface area contributed by atoms with Crippen molar-refractivity contribution in [2.75, 3.05) is 17.4 Å². The Morgan fingerprint density at radius 2 is 1.60 bits per heavy atom. The van der Waals surface area contributed by atoms with E-state index in [4.69, 9.17) is 11.6 Å². The molecule has 0 aliphatic rings. The van der Waals surface area contributed by atoms with Gasteiger partial charge in [-0.3, -0.25) is 13.9 Å². The average molecular weight is 596 g/mol. The van der Waals surface area contributed by atoms with Gasteiger partial charge in [0, 0.05) is 18.1 Å². The lowest BCUT2D eigenvalue weighted by molar-refractivity contribution is -0.140. The largest absolute Gasteiger partial charge is 0.416 e. The number of carbonyl (C=O) groups excluding carboxylic acids is 2. The van der Waals surface area contributed by atoms with Gasteiger partial charge in [-0.15, -0.1) is 0 Å². The number of amides is 2. The molecule has 0 fully saturated rings. The molecule has 2 amide bonds. The average Bonchev–Trinajstić information content (AvgIpc) is 2.92. The highest BCUT2D eigenvalue weighted by molar-refractivity contribution is 7.92. The number of carbonyl (C=O) groups is 2. The van der Waals surface area contributed by atoms with Gasteiger partial charge in [0.25, 0.3) is 10.0 Å². The van der Waals surface area contributed by atoms with E-state index in [0.29, 0.717) is 27.5 Å². The fourth-order valence-corrected chi connectivity index (χ4v) is 5.64. The molecule has 1 atom stereocenters. The van der Waals surface area contributed by atoms with Crippen LogP contribution < -0.4 is 9.62 Å². The van der Waals surface area contributed by atoms with Gasteiger partial charge in [-0.2, -0.15) is 13.2 Å². The molecular formula is C28H29ClF3N3O4S. The smallest absolute Gasteiger partial charge is 0.355 e. The lowest BCUT2D eigenvalue weighted by atomic mass is 10.1. The highest BCUT2D eigenvalue weighted by Crippen LogP contribution is 2.33. The Bertz CT molecular complexity index is 1420. The zero-order valence-electron chi connectivity index (χ0n) is 21.9. The molecule has 1 N–H and O–H groups in total. The van der Waals surface area contributed by atoms with Gasteiger partial charge < -0.3 is 10.2 Å². The summed E-state index contributed by atoms with van der Waals surface area (Å²) < 4.78 is 68.6. The van der Waals surface area contributed by atoms with Crippen molar-refractivity contribution in [3.8, 4) is 0 Å². The third-order valence-corrected chi connectivity index (χ3v) is 8.11. The number of rotatable bonds is 11. The number of benzene rings is 3. The number of halogens is 4. The first-order chi connectivity index (χ1) is 18.9. The summed E-state index contributed by atoms with van der Waals surface area (Å²) in [7, 11) is -4.49. The van der Waals surface area contributed by atoms with Gasteiger partial charge in [0.1, 0.15) is 12.6 Å². The Morgan fingerprint density at radius 1 is 0.950 bits per heavy atom. The number of nitrogens with one attached hydrogen (secondary N) is 1. The molecule has 0 aliphatic carbocycles. The van der Waals surface area contributed by atoms with E-state index in [9.17, 15) is 31.2 Å². The highest BCUT2D eigenvalue weighted by Gasteiger charge is 2.35. The zero-order valence-corrected chi connectivity index (χ0v) is 23.4. The lowest BCUT2D eigenvalue weighted by Gasteiger charge is -2.33. The van der Waals surface area contributed by atoms with Gasteiger partial charge in [0.2, 0.25) is 11.8 Å². The molecule has 0 saturated carbocycles. The summed E-state index contributed by atoms with van der Waals surface area (Å²) in [6.07, 6.45) is -4.53. The van der Waals surface area contributed by atoms with Gasteiger partial charge >= 0.3 is 6.18 Å². The van der Waals surface area contributed by atoms with Crippen LogP contribution in [0.3, 0.4) is 0 Å². The summed E-state index contributed by atoms with van der Waals surface area (Å²) in [5.41, 5.74) is -0.793. The van der Waals surface area contributed by atoms with Gasteiger partial charge in [0.15, 0.2) is 0 Å². The fraction of sp³-hybridized carbons (Fsp3) is 0.286. The first kappa shape index (κ1) is 31.0. The number of alkyl halides is 3. The number of hydrogen-bond donors (Lipinski definition) is 1. The van der Waals surface area contributed by atoms with Crippen LogP contribution in [0, 0.1) is 0 Å². The minimum Gasteiger partial charge on any atom is -0.355 e. The van der Waals surface area contributed by atoms with Gasteiger partial charge in [-0.1, -0.05) is 54.9 Å². The number of nitrogens with zero attached hydrogens (tertiary/aromatic N) is 2. The highest BCUT2D eigenvalue weighted by atomic mass is 35.5. The molecule has 0 bridgehead atoms. The monoisotopic (exact) mass is 595 g/mol. The van der Waals surface area contributed by atoms with Crippen molar-refractivity contribution in [1.29, 1.82) is 0 Å². The minimum atomic E-state index is -4.74. The maximum Gasteiger partial charge on any atom is 0.416 e. The summed E-state index contributed by atoms with van der Waals surface area (Å²) in [6, 6.07) is 16.4. The molecule has 0 saturated heterocycles. The first-order valence-electron chi connectivity index (χ1n) is 12.4. The molecule has 0 radical (unpaired) electrons. The van der Waals surface area contributed by atoms with Crippen molar-refractivity contribution < 1.29 is 31.2 Å². The van der Waals surface area contributed by atoms with Crippen LogP contribution in [0.25, 0.3) is 0 Å². The van der Waals surface area contributed by atoms with Crippen LogP contribution in [0.5, 0.6) is 0 Å². The Labute approximate surface area is 236 Å². The van der Waals surface area contributed by atoms with Crippen LogP contribution >= 0.6 is 11.6 Å². The molecule has 1 unspecified atom stereocenters. The van der Waals surface area contributed by atoms with Gasteiger partial charge in [0.05, 0.1) is 16.1 Å². The van der Waals surface area contributed by atoms with Crippen LogP contribution in [0.2, 0.25) is 5.02 Å². The van der Waals surface area contributed by atoms with E-state index in [1.807, 2.05) is 0 Å². The van der Waals surface area contributed by atoms with Crippen molar-refractivity contribution in [1.82, 2.24) is 10.2 Å². The molecule has 7 nitrogen and oxygen atoms in total. The summed E-state index contributed by atoms with van der Waals surface area (Å²) in [4.78, 5) is 27.8. The summed E-state index contributed by atoms with van der Waals surface area (Å²) in [6.45, 7) is 2.82. The van der Waals surface area contributed by atoms with Gasteiger partial charge in [-0.25, -0.2) is 8.42 Å². The van der Waals surface area contributed by atoms with E-state index < -0.39 is 46.2 Å². The van der Waals surface area contributed by atoms with Crippen LogP contribution in [0.1, 0.15) is 31.4 Å². The third-order valence-electron chi connectivity index (χ3n) is 6.07. The molecule has 3 aromatic rings. The SMILES string of the molecule is CCNC(=O)C(CC)N(Cc1ccc(Cl)cc1)C(=O)CN(c1cccc(C(F)(F)F)c1)S(=O)(=O)c1ccccc1. The maximum absolute atomic E-state index is 13.9. The molecule has 0 aliphatic heterocycles. The standard InChI is InChI=1S/C28H29ClF3N3O4S/c1-3-25(27(37)33-4-2)34(18-20-13-15-22(29)16-14-20)26(36)19-35(40(38,39)24-11-6-5-7-12-24)23-10-8-9-21(17-23)28(30,31)32/h5-17,25H,3-4,18-19H2,1-2H3,(H,33,37). The van der Waals surface area contributed by atoms with E-state index in [1.54, 1.807) is 44.2 Å². The number of likely N-dealkylation sites (N-methyl/N-ethyl adjacent to an activating group) is 1. The summed E-state index contributed by atoms with van der Waals surface area (Å²) >= 11 is 5.98. The third kappa shape index (κ3) is 7.54. The lowest BCUT2D eigenvalue weighted by Crippen LogP contribution is -2.52. The minimum absolute atomic E-state index is 0.0620. The first-order valence-corrected chi connectivity index (χ1v) is 14.3. The molecule has 214 valence electrons. The quantitative estimate of drug-likeness (QED) is 0.317. The number of anilines is 1. The zero-order chi connectivity index (χ0) is 29.5. The van der Waals surface area contributed by atoms with Crippen LogP contribution in [0.4, 0.5) is 18.9 Å². The molecule has 12 heteroatoms. The number of sulfonamides is 1. The Balaban J connectivity index is 2.10. The predicted molar refractivity (Wildman–Crippen MR) is 147 cm³/mol. The second-order valence-electron chi connectivity index (χ2n) is 8.84. The molecule has 0 spiro atoms. The van der Waals surface area contributed by atoms with Crippen LogP contribution in [0.15, 0.2) is 83.8 Å². The molecule has 0 aromatic heterocycles. The van der Waals surface area contributed by atoms with Crippen LogP contribution in [-0.2, 0) is 32.3 Å². The second kappa shape index (κ2) is 13.2. The predicted octanol–water partition coefficient (Wildman–Crippen LogP) is 5.50. The Kier molecular flexibility index (Phi) is 10.2. The molecule has 0 heterocycles. The summed E-state index contributed by atoms with van der Waals surface area (Å²) in [5.74, 6) is -1.21. The van der Waals surface area contributed by atoms with Crippen molar-refractivity contribution in [2.24, 2.45) is 0 Å². The Morgan fingerprint density at radius 3 is 2.17 bits per heavy atom. The van der Waals surface area contributed by atoms with Gasteiger partial charge in [-0.05, 0) is 61.4 Å². The van der Waals surface area contributed by atoms with Crippen molar-refractivity contribution >= 4 is 39.1 Å². The van der Waals surface area contributed by atoms with Crippen molar-refractivity contribution in [2.45, 2.75) is 43.9 Å². The fourth-order valence-electron chi connectivity index (χ4n) is 4.08.